The quantitative estimate of drug-likeness (QED) is 0.775. The van der Waals surface area contributed by atoms with Gasteiger partial charge in [-0.15, -0.1) is 0 Å². The van der Waals surface area contributed by atoms with Crippen molar-refractivity contribution in [2.24, 2.45) is 5.92 Å². The average molecular weight is 235 g/mol. The van der Waals surface area contributed by atoms with E-state index < -0.39 is 0 Å². The molecule has 92 valence electrons. The highest BCUT2D eigenvalue weighted by Crippen LogP contribution is 2.28. The van der Waals surface area contributed by atoms with E-state index in [1.54, 1.807) is 6.20 Å². The van der Waals surface area contributed by atoms with Gasteiger partial charge < -0.3 is 15.8 Å². The molecule has 1 aromatic rings. The zero-order valence-electron chi connectivity index (χ0n) is 9.85. The molecule has 0 bridgehead atoms. The third kappa shape index (κ3) is 2.87. The second kappa shape index (κ2) is 5.03. The Hall–Kier alpha value is -1.78. The summed E-state index contributed by atoms with van der Waals surface area (Å²) in [6.45, 7) is 0. The van der Waals surface area contributed by atoms with Gasteiger partial charge in [-0.1, -0.05) is 0 Å². The summed E-state index contributed by atoms with van der Waals surface area (Å²) in [5.41, 5.74) is 6.21. The molecular weight excluding hydrogens is 218 g/mol. The van der Waals surface area contributed by atoms with Gasteiger partial charge in [0.1, 0.15) is 5.82 Å². The fourth-order valence-corrected chi connectivity index (χ4v) is 2.19. The Morgan fingerprint density at radius 2 is 2.35 bits per heavy atom. The predicted octanol–water partition coefficient (Wildman–Crippen LogP) is 1.42. The van der Waals surface area contributed by atoms with Crippen LogP contribution in [0.3, 0.4) is 0 Å². The number of aromatic nitrogens is 1. The number of anilines is 2. The van der Waals surface area contributed by atoms with Crippen molar-refractivity contribution in [3.05, 3.63) is 18.3 Å². The summed E-state index contributed by atoms with van der Waals surface area (Å²) in [7, 11) is 1.44. The molecule has 2 rings (SSSR count). The van der Waals surface area contributed by atoms with E-state index in [0.29, 0.717) is 5.69 Å². The molecule has 1 aromatic heterocycles. The van der Waals surface area contributed by atoms with Gasteiger partial charge in [-0.3, -0.25) is 4.79 Å². The molecule has 0 spiro atoms. The molecule has 0 saturated heterocycles. The van der Waals surface area contributed by atoms with Crippen LogP contribution in [0.1, 0.15) is 19.3 Å². The predicted molar refractivity (Wildman–Crippen MR) is 65.4 cm³/mol. The molecule has 1 aliphatic carbocycles. The first kappa shape index (κ1) is 11.7. The second-order valence-electron chi connectivity index (χ2n) is 4.35. The number of nitrogens with two attached hydrogens (primary N) is 1. The maximum atomic E-state index is 11.4. The van der Waals surface area contributed by atoms with Crippen molar-refractivity contribution in [2.75, 3.05) is 18.2 Å². The Kier molecular flexibility index (Phi) is 3.46. The third-order valence-corrected chi connectivity index (χ3v) is 3.11. The lowest BCUT2D eigenvalue weighted by Crippen LogP contribution is -2.19. The first-order valence-electron chi connectivity index (χ1n) is 5.75. The molecule has 0 amide bonds. The molecule has 3 N–H and O–H groups in total. The highest BCUT2D eigenvalue weighted by molar-refractivity contribution is 5.72. The Labute approximate surface area is 100 Å². The van der Waals surface area contributed by atoms with Gasteiger partial charge in [-0.05, 0) is 31.4 Å². The van der Waals surface area contributed by atoms with Gasteiger partial charge in [0.05, 0.1) is 24.9 Å². The van der Waals surface area contributed by atoms with Crippen molar-refractivity contribution in [3.8, 4) is 0 Å². The van der Waals surface area contributed by atoms with Crippen molar-refractivity contribution in [1.82, 2.24) is 4.98 Å². The number of pyridine rings is 1. The van der Waals surface area contributed by atoms with Crippen LogP contribution in [-0.4, -0.2) is 24.1 Å². The Balaban J connectivity index is 1.89. The van der Waals surface area contributed by atoms with Crippen LogP contribution in [-0.2, 0) is 9.53 Å². The van der Waals surface area contributed by atoms with Crippen LogP contribution in [0.15, 0.2) is 18.3 Å². The average Bonchev–Trinajstić information content (AvgIpc) is 2.80. The number of nitrogens with one attached hydrogen (secondary N) is 1. The molecule has 0 aliphatic heterocycles. The summed E-state index contributed by atoms with van der Waals surface area (Å²) in [6.07, 6.45) is 4.26. The molecule has 5 nitrogen and oxygen atoms in total. The molecular formula is C12H17N3O2. The van der Waals surface area contributed by atoms with E-state index in [9.17, 15) is 4.79 Å². The number of hydrogen-bond acceptors (Lipinski definition) is 5. The molecule has 0 radical (unpaired) electrons. The zero-order valence-corrected chi connectivity index (χ0v) is 9.85. The van der Waals surface area contributed by atoms with Gasteiger partial charge in [0.15, 0.2) is 0 Å². The van der Waals surface area contributed by atoms with E-state index >= 15 is 0 Å². The lowest BCUT2D eigenvalue weighted by molar-refractivity contribution is -0.145. The van der Waals surface area contributed by atoms with Crippen LogP contribution >= 0.6 is 0 Å². The number of rotatable bonds is 3. The maximum Gasteiger partial charge on any atom is 0.308 e. The summed E-state index contributed by atoms with van der Waals surface area (Å²) < 4.78 is 4.75. The number of nitrogen functional groups attached to an aromatic ring is 1. The molecule has 1 fully saturated rings. The topological polar surface area (TPSA) is 77.2 Å². The van der Waals surface area contributed by atoms with Gasteiger partial charge in [0.25, 0.3) is 0 Å². The SMILES string of the molecule is COC(=O)[C@H]1CC[C@H](Nc2ccc(N)cn2)C1. The summed E-state index contributed by atoms with van der Waals surface area (Å²) in [5.74, 6) is 0.709. The smallest absolute Gasteiger partial charge is 0.308 e. The van der Waals surface area contributed by atoms with Crippen LogP contribution in [0.2, 0.25) is 0 Å². The minimum Gasteiger partial charge on any atom is -0.469 e. The van der Waals surface area contributed by atoms with Crippen molar-refractivity contribution < 1.29 is 9.53 Å². The number of methoxy groups -OCH3 is 1. The van der Waals surface area contributed by atoms with Crippen molar-refractivity contribution >= 4 is 17.5 Å². The van der Waals surface area contributed by atoms with Crippen LogP contribution in [0, 0.1) is 5.92 Å². The van der Waals surface area contributed by atoms with E-state index in [1.165, 1.54) is 7.11 Å². The van der Waals surface area contributed by atoms with Gasteiger partial charge >= 0.3 is 5.97 Å². The lowest BCUT2D eigenvalue weighted by atomic mass is 10.1. The molecule has 17 heavy (non-hydrogen) atoms. The highest BCUT2D eigenvalue weighted by Gasteiger charge is 2.30. The van der Waals surface area contributed by atoms with Crippen LogP contribution < -0.4 is 11.1 Å². The number of ether oxygens (including phenoxy) is 1. The molecule has 1 aliphatic rings. The number of nitrogens with zero attached hydrogens (tertiary/aromatic N) is 1. The van der Waals surface area contributed by atoms with Gasteiger partial charge in [-0.25, -0.2) is 4.98 Å². The lowest BCUT2D eigenvalue weighted by Gasteiger charge is -2.13. The number of carbonyl (C=O) groups excluding carboxylic acids is 1. The van der Waals surface area contributed by atoms with E-state index in [2.05, 4.69) is 10.3 Å². The Morgan fingerprint density at radius 3 is 3.00 bits per heavy atom. The Morgan fingerprint density at radius 1 is 1.53 bits per heavy atom. The molecule has 0 aromatic carbocycles. The summed E-state index contributed by atoms with van der Waals surface area (Å²) in [5, 5.41) is 3.30. The van der Waals surface area contributed by atoms with Gasteiger partial charge in [0, 0.05) is 6.04 Å². The fraction of sp³-hybridized carbons (Fsp3) is 0.500. The second-order valence-corrected chi connectivity index (χ2v) is 4.35. The molecule has 2 atom stereocenters. The standard InChI is InChI=1S/C12H17N3O2/c1-17-12(16)8-2-4-10(6-8)15-11-5-3-9(13)7-14-11/h3,5,7-8,10H,2,4,6,13H2,1H3,(H,14,15)/t8-,10-/m0/s1. The van der Waals surface area contributed by atoms with Crippen molar-refractivity contribution in [1.29, 1.82) is 0 Å². The largest absolute Gasteiger partial charge is 0.469 e. The molecule has 0 unspecified atom stereocenters. The van der Waals surface area contributed by atoms with Crippen molar-refractivity contribution in [3.63, 3.8) is 0 Å². The minimum absolute atomic E-state index is 0.0197. The van der Waals surface area contributed by atoms with Gasteiger partial charge in [0.2, 0.25) is 0 Å². The minimum atomic E-state index is -0.112. The number of carbonyl (C=O) groups is 1. The van der Waals surface area contributed by atoms with Gasteiger partial charge in [-0.2, -0.15) is 0 Å². The summed E-state index contributed by atoms with van der Waals surface area (Å²) in [4.78, 5) is 15.6. The van der Waals surface area contributed by atoms with E-state index in [-0.39, 0.29) is 17.9 Å². The number of esters is 1. The first-order valence-corrected chi connectivity index (χ1v) is 5.75. The summed E-state index contributed by atoms with van der Waals surface area (Å²) in [6, 6.07) is 3.94. The third-order valence-electron chi connectivity index (χ3n) is 3.11. The number of hydrogen-bond donors (Lipinski definition) is 2. The van der Waals surface area contributed by atoms with Crippen molar-refractivity contribution in [2.45, 2.75) is 25.3 Å². The molecule has 5 heteroatoms. The van der Waals surface area contributed by atoms with Crippen LogP contribution in [0.25, 0.3) is 0 Å². The molecule has 1 heterocycles. The maximum absolute atomic E-state index is 11.4. The first-order chi connectivity index (χ1) is 8.19. The fourth-order valence-electron chi connectivity index (χ4n) is 2.19. The molecule has 1 saturated carbocycles. The van der Waals surface area contributed by atoms with E-state index in [4.69, 9.17) is 10.5 Å². The Bertz CT molecular complexity index is 391. The highest BCUT2D eigenvalue weighted by atomic mass is 16.5. The van der Waals surface area contributed by atoms with E-state index in [0.717, 1.165) is 25.1 Å². The van der Waals surface area contributed by atoms with Crippen LogP contribution in [0.4, 0.5) is 11.5 Å². The monoisotopic (exact) mass is 235 g/mol. The zero-order chi connectivity index (χ0) is 12.3. The van der Waals surface area contributed by atoms with E-state index in [1.807, 2.05) is 12.1 Å². The normalized spacial score (nSPS) is 23.4. The van der Waals surface area contributed by atoms with Crippen LogP contribution in [0.5, 0.6) is 0 Å². The summed E-state index contributed by atoms with van der Waals surface area (Å²) >= 11 is 0.